The van der Waals surface area contributed by atoms with E-state index in [0.717, 1.165) is 53.3 Å². The number of unbranched alkanes of at least 4 members (excludes halogenated alkanes) is 1. The molecule has 0 radical (unpaired) electrons. The topological polar surface area (TPSA) is 113 Å². The van der Waals surface area contributed by atoms with E-state index < -0.39 is 5.91 Å². The number of benzene rings is 1. The van der Waals surface area contributed by atoms with Gasteiger partial charge >= 0.3 is 0 Å². The molecular formula is C19H19N5O2. The summed E-state index contributed by atoms with van der Waals surface area (Å²) in [5.74, 6) is 0.171. The van der Waals surface area contributed by atoms with Gasteiger partial charge in [0.2, 0.25) is 0 Å². The summed E-state index contributed by atoms with van der Waals surface area (Å²) in [6.45, 7) is 0.799. The van der Waals surface area contributed by atoms with Crippen LogP contribution in [0, 0.1) is 0 Å². The van der Waals surface area contributed by atoms with E-state index in [9.17, 15) is 4.79 Å². The van der Waals surface area contributed by atoms with Crippen LogP contribution in [-0.2, 0) is 13.0 Å². The summed E-state index contributed by atoms with van der Waals surface area (Å²) in [5, 5.41) is 1.04. The second-order valence-corrected chi connectivity index (χ2v) is 6.25. The zero-order chi connectivity index (χ0) is 18.1. The molecule has 4 aromatic rings. The molecule has 0 spiro atoms. The lowest BCUT2D eigenvalue weighted by Gasteiger charge is -2.07. The summed E-state index contributed by atoms with van der Waals surface area (Å²) in [6.07, 6.45) is 5.87. The first kappa shape index (κ1) is 16.1. The second-order valence-electron chi connectivity index (χ2n) is 6.25. The summed E-state index contributed by atoms with van der Waals surface area (Å²) < 4.78 is 7.25. The number of para-hydroxylation sites is 1. The van der Waals surface area contributed by atoms with E-state index in [1.54, 1.807) is 6.07 Å². The Bertz CT molecular complexity index is 1100. The van der Waals surface area contributed by atoms with Crippen molar-refractivity contribution in [3.05, 3.63) is 54.2 Å². The molecule has 0 atom stereocenters. The Kier molecular flexibility index (Phi) is 4.04. The van der Waals surface area contributed by atoms with Crippen molar-refractivity contribution in [1.29, 1.82) is 0 Å². The number of aryl methyl sites for hydroxylation is 2. The Hall–Kier alpha value is -3.35. The van der Waals surface area contributed by atoms with Crippen molar-refractivity contribution >= 4 is 33.7 Å². The molecule has 0 saturated carbocycles. The van der Waals surface area contributed by atoms with Crippen molar-refractivity contribution in [3.63, 3.8) is 0 Å². The fraction of sp³-hybridized carbons (Fsp3) is 0.211. The summed E-state index contributed by atoms with van der Waals surface area (Å²) >= 11 is 0. The van der Waals surface area contributed by atoms with Gasteiger partial charge in [-0.15, -0.1) is 0 Å². The molecule has 7 nitrogen and oxygen atoms in total. The lowest BCUT2D eigenvalue weighted by Crippen LogP contribution is -2.12. The van der Waals surface area contributed by atoms with Gasteiger partial charge in [-0.2, -0.15) is 0 Å². The molecule has 3 heterocycles. The normalized spacial score (nSPS) is 11.4. The molecule has 0 unspecified atom stereocenters. The van der Waals surface area contributed by atoms with Gasteiger partial charge in [0.15, 0.2) is 11.6 Å². The number of nitrogen functional groups attached to an aromatic ring is 1. The Morgan fingerprint density at radius 1 is 1.19 bits per heavy atom. The van der Waals surface area contributed by atoms with Crippen LogP contribution in [0.3, 0.4) is 0 Å². The molecule has 0 bridgehead atoms. The van der Waals surface area contributed by atoms with Gasteiger partial charge in [-0.1, -0.05) is 18.2 Å². The SMILES string of the molecule is NC(=O)c1occc1CCCCn1cnc2c(N)nc3ccccc3c21. The molecule has 132 valence electrons. The lowest BCUT2D eigenvalue weighted by atomic mass is 10.1. The monoisotopic (exact) mass is 349 g/mol. The molecular weight excluding hydrogens is 330 g/mol. The standard InChI is InChI=1S/C19H19N5O2/c20-18-15-16(13-6-1-2-7-14(13)23-18)24(11-22-15)9-4-3-5-12-8-10-26-17(12)19(21)25/h1-2,6-8,10-11H,3-5,9H2,(H2,20,23)(H2,21,25). The van der Waals surface area contributed by atoms with Gasteiger partial charge < -0.3 is 20.5 Å². The predicted octanol–water partition coefficient (Wildman–Crippen LogP) is 2.88. The molecule has 7 heteroatoms. The van der Waals surface area contributed by atoms with Crippen LogP contribution in [0.15, 0.2) is 47.3 Å². The number of carbonyl (C=O) groups is 1. The quantitative estimate of drug-likeness (QED) is 0.520. The third kappa shape index (κ3) is 2.77. The van der Waals surface area contributed by atoms with Crippen LogP contribution in [0.5, 0.6) is 0 Å². The smallest absolute Gasteiger partial charge is 0.284 e. The molecule has 1 aromatic carbocycles. The molecule has 3 aromatic heterocycles. The molecule has 0 aliphatic rings. The third-order valence-electron chi connectivity index (χ3n) is 4.55. The van der Waals surface area contributed by atoms with Crippen LogP contribution >= 0.6 is 0 Å². The second kappa shape index (κ2) is 6.51. The van der Waals surface area contributed by atoms with E-state index in [1.807, 2.05) is 30.6 Å². The van der Waals surface area contributed by atoms with E-state index in [0.29, 0.717) is 5.82 Å². The third-order valence-corrected chi connectivity index (χ3v) is 4.55. The zero-order valence-corrected chi connectivity index (χ0v) is 14.2. The van der Waals surface area contributed by atoms with Gasteiger partial charge in [-0.05, 0) is 31.4 Å². The van der Waals surface area contributed by atoms with Crippen LogP contribution in [0.1, 0.15) is 29.0 Å². The zero-order valence-electron chi connectivity index (χ0n) is 14.2. The largest absolute Gasteiger partial charge is 0.459 e. The molecule has 26 heavy (non-hydrogen) atoms. The maximum absolute atomic E-state index is 11.3. The highest BCUT2D eigenvalue weighted by atomic mass is 16.3. The Labute approximate surface area is 149 Å². The molecule has 0 fully saturated rings. The number of rotatable bonds is 6. The number of hydrogen-bond donors (Lipinski definition) is 2. The van der Waals surface area contributed by atoms with E-state index in [-0.39, 0.29) is 5.76 Å². The Morgan fingerprint density at radius 3 is 2.88 bits per heavy atom. The Balaban J connectivity index is 1.53. The first-order valence-electron chi connectivity index (χ1n) is 8.50. The number of fused-ring (bicyclic) bond motifs is 3. The Morgan fingerprint density at radius 2 is 2.04 bits per heavy atom. The minimum Gasteiger partial charge on any atom is -0.459 e. The predicted molar refractivity (Wildman–Crippen MR) is 99.6 cm³/mol. The first-order chi connectivity index (χ1) is 12.6. The van der Waals surface area contributed by atoms with Crippen molar-refractivity contribution in [2.24, 2.45) is 5.73 Å². The summed E-state index contributed by atoms with van der Waals surface area (Å²) in [7, 11) is 0. The lowest BCUT2D eigenvalue weighted by molar-refractivity contribution is 0.0972. The van der Waals surface area contributed by atoms with Gasteiger partial charge in [0.25, 0.3) is 5.91 Å². The molecule has 0 saturated heterocycles. The van der Waals surface area contributed by atoms with Crippen LogP contribution < -0.4 is 11.5 Å². The van der Waals surface area contributed by atoms with Crippen molar-refractivity contribution < 1.29 is 9.21 Å². The van der Waals surface area contributed by atoms with Crippen LogP contribution in [-0.4, -0.2) is 20.4 Å². The van der Waals surface area contributed by atoms with Crippen molar-refractivity contribution in [2.75, 3.05) is 5.73 Å². The number of nitrogens with two attached hydrogens (primary N) is 2. The van der Waals surface area contributed by atoms with Gasteiger partial charge in [0.05, 0.1) is 23.6 Å². The first-order valence-corrected chi connectivity index (χ1v) is 8.50. The van der Waals surface area contributed by atoms with E-state index >= 15 is 0 Å². The number of primary amides is 1. The maximum Gasteiger partial charge on any atom is 0.284 e. The van der Waals surface area contributed by atoms with Gasteiger partial charge in [0, 0.05) is 17.5 Å². The van der Waals surface area contributed by atoms with Gasteiger partial charge in [0.1, 0.15) is 5.52 Å². The number of hydrogen-bond acceptors (Lipinski definition) is 5. The minimum absolute atomic E-state index is 0.253. The van der Waals surface area contributed by atoms with Crippen LogP contribution in [0.25, 0.3) is 21.9 Å². The van der Waals surface area contributed by atoms with Crippen molar-refractivity contribution in [3.8, 4) is 0 Å². The van der Waals surface area contributed by atoms with Crippen LogP contribution in [0.2, 0.25) is 0 Å². The maximum atomic E-state index is 11.3. The van der Waals surface area contributed by atoms with Crippen molar-refractivity contribution in [2.45, 2.75) is 25.8 Å². The number of imidazole rings is 1. The van der Waals surface area contributed by atoms with Crippen molar-refractivity contribution in [1.82, 2.24) is 14.5 Å². The van der Waals surface area contributed by atoms with Gasteiger partial charge in [-0.3, -0.25) is 4.79 Å². The average molecular weight is 349 g/mol. The van der Waals surface area contributed by atoms with E-state index in [4.69, 9.17) is 15.9 Å². The highest BCUT2D eigenvalue weighted by Gasteiger charge is 2.13. The molecule has 4 N–H and O–H groups in total. The van der Waals surface area contributed by atoms with E-state index in [1.165, 1.54) is 6.26 Å². The fourth-order valence-electron chi connectivity index (χ4n) is 3.32. The number of carbonyl (C=O) groups excluding carboxylic acids is 1. The number of aromatic nitrogens is 3. The number of anilines is 1. The highest BCUT2D eigenvalue weighted by molar-refractivity contribution is 6.06. The molecule has 0 aliphatic carbocycles. The average Bonchev–Trinajstić information content (AvgIpc) is 3.26. The van der Waals surface area contributed by atoms with Crippen LogP contribution in [0.4, 0.5) is 5.82 Å². The molecule has 4 rings (SSSR count). The number of amides is 1. The summed E-state index contributed by atoms with van der Waals surface area (Å²) in [4.78, 5) is 20.2. The molecule has 1 amide bonds. The minimum atomic E-state index is -0.528. The summed E-state index contributed by atoms with van der Waals surface area (Å²) in [6, 6.07) is 9.72. The number of nitrogens with zero attached hydrogens (tertiary/aromatic N) is 3. The number of pyridine rings is 1. The van der Waals surface area contributed by atoms with Gasteiger partial charge in [-0.25, -0.2) is 9.97 Å². The molecule has 0 aliphatic heterocycles. The fourth-order valence-corrected chi connectivity index (χ4v) is 3.32. The summed E-state index contributed by atoms with van der Waals surface area (Å²) in [5.41, 5.74) is 14.8. The highest BCUT2D eigenvalue weighted by Crippen LogP contribution is 2.27. The number of furan rings is 1. The van der Waals surface area contributed by atoms with E-state index in [2.05, 4.69) is 14.5 Å².